The second-order valence-corrected chi connectivity index (χ2v) is 8.93. The molecule has 0 aliphatic heterocycles. The van der Waals surface area contributed by atoms with E-state index in [2.05, 4.69) is 9.98 Å². The third-order valence-electron chi connectivity index (χ3n) is 4.82. The molecule has 34 heavy (non-hydrogen) atoms. The van der Waals surface area contributed by atoms with Crippen LogP contribution < -0.4 is 5.73 Å². The first-order chi connectivity index (χ1) is 16.0. The van der Waals surface area contributed by atoms with Gasteiger partial charge in [0.05, 0.1) is 12.6 Å². The molecular weight excluding hydrogens is 438 g/mol. The second-order valence-electron chi connectivity index (χ2n) is 8.93. The van der Waals surface area contributed by atoms with Crippen molar-refractivity contribution in [3.63, 3.8) is 0 Å². The molecule has 2 aromatic carbocycles. The lowest BCUT2D eigenvalue weighted by Crippen LogP contribution is -2.37. The number of esters is 1. The van der Waals surface area contributed by atoms with Gasteiger partial charge in [-0.05, 0) is 64.3 Å². The molecule has 0 heterocycles. The van der Waals surface area contributed by atoms with Crippen LogP contribution in [0, 0.1) is 0 Å². The molecule has 0 aliphatic rings. The Bertz CT molecular complexity index is 1030. The number of phenols is 4. The van der Waals surface area contributed by atoms with Gasteiger partial charge in [-0.25, -0.2) is 0 Å². The van der Waals surface area contributed by atoms with Gasteiger partial charge in [-0.3, -0.25) is 14.8 Å². The number of carbonyl (C=O) groups is 1. The quantitative estimate of drug-likeness (QED) is 0.202. The predicted octanol–water partition coefficient (Wildman–Crippen LogP) is 3.25. The van der Waals surface area contributed by atoms with Crippen molar-refractivity contribution >= 4 is 18.4 Å². The molecule has 184 valence electrons. The van der Waals surface area contributed by atoms with Crippen molar-refractivity contribution in [3.8, 4) is 23.0 Å². The number of hydrogen-bond acceptors (Lipinski definition) is 9. The molecule has 2 atom stereocenters. The first-order valence-corrected chi connectivity index (χ1v) is 11.0. The molecule has 9 nitrogen and oxygen atoms in total. The van der Waals surface area contributed by atoms with Crippen LogP contribution in [0.4, 0.5) is 0 Å². The molecule has 0 radical (unpaired) electrons. The summed E-state index contributed by atoms with van der Waals surface area (Å²) in [5, 5.41) is 39.2. The smallest absolute Gasteiger partial charge is 0.323 e. The van der Waals surface area contributed by atoms with E-state index in [9.17, 15) is 25.2 Å². The van der Waals surface area contributed by atoms with Crippen molar-refractivity contribution in [1.29, 1.82) is 0 Å². The van der Waals surface area contributed by atoms with E-state index in [1.165, 1.54) is 24.6 Å². The fourth-order valence-corrected chi connectivity index (χ4v) is 3.05. The number of rotatable bonds is 10. The number of carbonyl (C=O) groups excluding carboxylic acids is 1. The zero-order chi connectivity index (χ0) is 25.3. The first kappa shape index (κ1) is 26.7. The van der Waals surface area contributed by atoms with Gasteiger partial charge in [0.25, 0.3) is 0 Å². The maximum atomic E-state index is 12.1. The van der Waals surface area contributed by atoms with E-state index < -0.39 is 17.6 Å². The number of nitrogens with zero attached hydrogens (tertiary/aromatic N) is 2. The molecule has 1 unspecified atom stereocenters. The molecule has 6 N–H and O–H groups in total. The van der Waals surface area contributed by atoms with Gasteiger partial charge in [0.2, 0.25) is 0 Å². The van der Waals surface area contributed by atoms with Crippen molar-refractivity contribution in [2.45, 2.75) is 57.7 Å². The summed E-state index contributed by atoms with van der Waals surface area (Å²) < 4.78 is 5.31. The van der Waals surface area contributed by atoms with Crippen LogP contribution in [-0.2, 0) is 9.53 Å². The number of phenolic OH excluding ortho intramolecular Hbond substituents is 4. The van der Waals surface area contributed by atoms with E-state index in [4.69, 9.17) is 10.5 Å². The second kappa shape index (κ2) is 12.0. The minimum absolute atomic E-state index is 0.242. The van der Waals surface area contributed by atoms with Crippen molar-refractivity contribution < 1.29 is 30.0 Å². The van der Waals surface area contributed by atoms with Crippen LogP contribution in [0.2, 0.25) is 0 Å². The zero-order valence-electron chi connectivity index (χ0n) is 19.7. The van der Waals surface area contributed by atoms with Crippen LogP contribution >= 0.6 is 0 Å². The summed E-state index contributed by atoms with van der Waals surface area (Å²) in [6, 6.07) is 8.06. The van der Waals surface area contributed by atoms with Gasteiger partial charge in [-0.1, -0.05) is 12.1 Å². The molecule has 0 bridgehead atoms. The van der Waals surface area contributed by atoms with Crippen LogP contribution in [0.3, 0.4) is 0 Å². The van der Waals surface area contributed by atoms with Crippen molar-refractivity contribution in [1.82, 2.24) is 0 Å². The van der Waals surface area contributed by atoms with E-state index in [0.717, 1.165) is 0 Å². The Morgan fingerprint density at radius 1 is 0.971 bits per heavy atom. The van der Waals surface area contributed by atoms with Crippen LogP contribution in [-0.4, -0.2) is 63.1 Å². The Kier molecular flexibility index (Phi) is 9.44. The molecule has 0 saturated carbocycles. The van der Waals surface area contributed by atoms with Crippen LogP contribution in [0.1, 0.15) is 51.2 Å². The van der Waals surface area contributed by atoms with E-state index in [-0.39, 0.29) is 35.6 Å². The molecule has 0 spiro atoms. The average molecular weight is 472 g/mol. The molecular formula is C25H33N3O6. The topological polar surface area (TPSA) is 158 Å². The average Bonchev–Trinajstić information content (AvgIpc) is 2.75. The highest BCUT2D eigenvalue weighted by Gasteiger charge is 2.22. The third kappa shape index (κ3) is 8.40. The lowest BCUT2D eigenvalue weighted by molar-refractivity contribution is -0.156. The number of aromatic hydroxyl groups is 4. The van der Waals surface area contributed by atoms with Crippen LogP contribution in [0.25, 0.3) is 0 Å². The minimum atomic E-state index is -0.758. The van der Waals surface area contributed by atoms with E-state index >= 15 is 0 Å². The van der Waals surface area contributed by atoms with Crippen LogP contribution in [0.15, 0.2) is 46.4 Å². The van der Waals surface area contributed by atoms with Crippen LogP contribution in [0.5, 0.6) is 23.0 Å². The molecule has 2 rings (SSSR count). The largest absolute Gasteiger partial charge is 0.504 e. The number of benzene rings is 2. The molecule has 0 saturated heterocycles. The highest BCUT2D eigenvalue weighted by atomic mass is 16.6. The molecule has 2 aromatic rings. The molecule has 0 aliphatic carbocycles. The molecule has 9 heteroatoms. The summed E-state index contributed by atoms with van der Waals surface area (Å²) >= 11 is 0. The maximum Gasteiger partial charge on any atom is 0.323 e. The Hall–Kier alpha value is -3.59. The maximum absolute atomic E-state index is 12.1. The Morgan fingerprint density at radius 3 is 2.09 bits per heavy atom. The monoisotopic (exact) mass is 471 g/mol. The highest BCUT2D eigenvalue weighted by Crippen LogP contribution is 2.28. The van der Waals surface area contributed by atoms with Gasteiger partial charge < -0.3 is 30.9 Å². The lowest BCUT2D eigenvalue weighted by Gasteiger charge is -2.22. The zero-order valence-corrected chi connectivity index (χ0v) is 19.7. The van der Waals surface area contributed by atoms with Gasteiger partial charge in [0, 0.05) is 23.6 Å². The van der Waals surface area contributed by atoms with Gasteiger partial charge in [0.1, 0.15) is 11.6 Å². The summed E-state index contributed by atoms with van der Waals surface area (Å²) in [5.41, 5.74) is 6.06. The minimum Gasteiger partial charge on any atom is -0.504 e. The van der Waals surface area contributed by atoms with E-state index in [1.54, 1.807) is 45.0 Å². The van der Waals surface area contributed by atoms with Gasteiger partial charge in [-0.15, -0.1) is 0 Å². The van der Waals surface area contributed by atoms with Gasteiger partial charge >= 0.3 is 5.97 Å². The fourth-order valence-electron chi connectivity index (χ4n) is 3.05. The fraction of sp³-hybridized carbons (Fsp3) is 0.400. The first-order valence-electron chi connectivity index (χ1n) is 11.0. The summed E-state index contributed by atoms with van der Waals surface area (Å²) in [6.07, 6.45) is 4.40. The molecule has 0 fully saturated rings. The van der Waals surface area contributed by atoms with Crippen molar-refractivity contribution in [3.05, 3.63) is 47.5 Å². The van der Waals surface area contributed by atoms with Gasteiger partial charge in [-0.2, -0.15) is 0 Å². The summed E-state index contributed by atoms with van der Waals surface area (Å²) in [4.78, 5) is 20.9. The number of ether oxygens (including phenoxy) is 1. The molecule has 0 amide bonds. The predicted molar refractivity (Wildman–Crippen MR) is 131 cm³/mol. The van der Waals surface area contributed by atoms with E-state index in [0.29, 0.717) is 30.4 Å². The Morgan fingerprint density at radius 2 is 1.53 bits per heavy atom. The normalized spacial score (nSPS) is 13.9. The standard InChI is InChI=1S/C25H33N3O6/c1-25(2,3)34-24(33)19(26)10-6-9-18(28-14-17-8-5-12-21(30)23(17)32)15-27-13-16-7-4-11-20(29)22(16)31/h4-5,7-8,11-14,18-19,29-32H,6,9-10,15,26H2,1-3H3/t18-,19?/m0/s1. The lowest BCUT2D eigenvalue weighted by atomic mass is 10.1. The van der Waals surface area contributed by atoms with Crippen molar-refractivity contribution in [2.75, 3.05) is 6.54 Å². The number of hydrogen-bond donors (Lipinski definition) is 5. The number of para-hydroxylation sites is 2. The summed E-state index contributed by atoms with van der Waals surface area (Å²) in [5.74, 6) is -1.49. The summed E-state index contributed by atoms with van der Waals surface area (Å²) in [6.45, 7) is 5.58. The van der Waals surface area contributed by atoms with Crippen molar-refractivity contribution in [2.24, 2.45) is 15.7 Å². The number of aliphatic imine (C=N–C) groups is 2. The highest BCUT2D eigenvalue weighted by molar-refractivity contribution is 5.85. The van der Waals surface area contributed by atoms with Gasteiger partial charge in [0.15, 0.2) is 23.0 Å². The SMILES string of the molecule is CC(C)(C)OC(=O)C(N)CCC[C@@H](CN=Cc1cccc(O)c1O)N=Cc1cccc(O)c1O. The van der Waals surface area contributed by atoms with E-state index in [1.807, 2.05) is 0 Å². The Balaban J connectivity index is 2.08. The summed E-state index contributed by atoms with van der Waals surface area (Å²) in [7, 11) is 0. The third-order valence-corrected chi connectivity index (χ3v) is 4.82. The molecule has 0 aromatic heterocycles. The number of nitrogens with two attached hydrogens (primary N) is 1. The Labute approximate surface area is 199 Å².